The van der Waals surface area contributed by atoms with Crippen molar-refractivity contribution in [2.24, 2.45) is 5.92 Å². The zero-order valence-corrected chi connectivity index (χ0v) is 19.1. The summed E-state index contributed by atoms with van der Waals surface area (Å²) in [5, 5.41) is 1.19. The maximum atomic E-state index is 13.1. The van der Waals surface area contributed by atoms with Crippen molar-refractivity contribution in [1.29, 1.82) is 0 Å². The number of carbonyl (C=O) groups is 1. The molecule has 32 heavy (non-hydrogen) atoms. The number of H-pyrrole nitrogens is 1. The molecule has 0 spiro atoms. The largest absolute Gasteiger partial charge is 0.384 e. The average molecular weight is 476 g/mol. The number of rotatable bonds is 7. The van der Waals surface area contributed by atoms with E-state index < -0.39 is 17.0 Å². The highest BCUT2D eigenvalue weighted by Gasteiger charge is 2.30. The van der Waals surface area contributed by atoms with E-state index in [0.29, 0.717) is 27.6 Å². The summed E-state index contributed by atoms with van der Waals surface area (Å²) in [6.45, 7) is 4.34. The summed E-state index contributed by atoms with van der Waals surface area (Å²) in [6.07, 6.45) is 1.54. The number of carbonyl (C=O) groups excluding carboxylic acids is 1. The molecule has 0 atom stereocenters. The van der Waals surface area contributed by atoms with Gasteiger partial charge in [0.05, 0.1) is 16.7 Å². The number of hydrogen-bond donors (Lipinski definition) is 2. The van der Waals surface area contributed by atoms with Gasteiger partial charge < -0.3 is 5.73 Å². The summed E-state index contributed by atoms with van der Waals surface area (Å²) in [5.41, 5.74) is 4.59. The van der Waals surface area contributed by atoms with E-state index in [2.05, 4.69) is 9.97 Å². The maximum Gasteiger partial charge on any atom is 0.330 e. The third kappa shape index (κ3) is 4.24. The highest BCUT2D eigenvalue weighted by atomic mass is 35.5. The number of hydrogen-bond acceptors (Lipinski definition) is 7. The molecule has 0 bridgehead atoms. The van der Waals surface area contributed by atoms with Gasteiger partial charge in [0.1, 0.15) is 11.4 Å². The van der Waals surface area contributed by atoms with Crippen molar-refractivity contribution in [1.82, 2.24) is 19.1 Å². The Morgan fingerprint density at radius 2 is 2.03 bits per heavy atom. The molecule has 0 radical (unpaired) electrons. The second-order valence-electron chi connectivity index (χ2n) is 8.20. The first-order chi connectivity index (χ1) is 15.2. The highest BCUT2D eigenvalue weighted by molar-refractivity contribution is 7.99. The number of ketones is 1. The van der Waals surface area contributed by atoms with E-state index in [4.69, 9.17) is 17.3 Å². The number of nitrogens with zero attached hydrogens (tertiary/aromatic N) is 3. The molecule has 1 aliphatic carbocycles. The molecule has 0 amide bonds. The molecular weight excluding hydrogens is 454 g/mol. The predicted molar refractivity (Wildman–Crippen MR) is 125 cm³/mol. The topological polar surface area (TPSA) is 133 Å². The minimum Gasteiger partial charge on any atom is -0.384 e. The van der Waals surface area contributed by atoms with Gasteiger partial charge in [-0.15, -0.1) is 0 Å². The van der Waals surface area contributed by atoms with Gasteiger partial charge in [-0.05, 0) is 37.0 Å². The third-order valence-corrected chi connectivity index (χ3v) is 6.35. The summed E-state index contributed by atoms with van der Waals surface area (Å²) in [5.74, 6) is -0.668. The molecule has 1 fully saturated rings. The molecule has 1 aromatic carbocycles. The fourth-order valence-corrected chi connectivity index (χ4v) is 4.59. The number of thioether (sulfide) groups is 1. The Morgan fingerprint density at radius 1 is 1.31 bits per heavy atom. The zero-order chi connectivity index (χ0) is 23.2. The van der Waals surface area contributed by atoms with Crippen LogP contribution in [0.3, 0.4) is 0 Å². The van der Waals surface area contributed by atoms with Gasteiger partial charge in [0.15, 0.2) is 10.9 Å². The van der Waals surface area contributed by atoms with Crippen molar-refractivity contribution in [3.63, 3.8) is 0 Å². The first-order valence-corrected chi connectivity index (χ1v) is 11.5. The molecule has 3 N–H and O–H groups in total. The fourth-order valence-electron chi connectivity index (χ4n) is 3.54. The van der Waals surface area contributed by atoms with E-state index in [1.807, 2.05) is 13.8 Å². The Bertz CT molecular complexity index is 1400. The van der Waals surface area contributed by atoms with Crippen LogP contribution in [0.1, 0.15) is 43.1 Å². The Balaban J connectivity index is 1.70. The zero-order valence-electron chi connectivity index (χ0n) is 17.6. The first-order valence-electron chi connectivity index (χ1n) is 10.2. The third-order valence-electron chi connectivity index (χ3n) is 5.13. The van der Waals surface area contributed by atoms with Crippen LogP contribution >= 0.6 is 23.4 Å². The highest BCUT2D eigenvalue weighted by Crippen LogP contribution is 2.35. The minimum atomic E-state index is -0.810. The van der Waals surface area contributed by atoms with Crippen LogP contribution in [-0.4, -0.2) is 30.6 Å². The molecule has 4 rings (SSSR count). The Hall–Kier alpha value is -2.85. The quantitative estimate of drug-likeness (QED) is 0.304. The number of fused-ring (bicyclic) bond motifs is 1. The molecular formula is C21H22ClN5O4S. The van der Waals surface area contributed by atoms with E-state index in [1.165, 1.54) is 9.13 Å². The van der Waals surface area contributed by atoms with Gasteiger partial charge >= 0.3 is 5.69 Å². The number of benzene rings is 1. The van der Waals surface area contributed by atoms with Crippen molar-refractivity contribution in [2.45, 2.75) is 44.4 Å². The summed E-state index contributed by atoms with van der Waals surface area (Å²) in [6, 6.07) is 4.77. The van der Waals surface area contributed by atoms with Crippen molar-refractivity contribution < 1.29 is 4.79 Å². The standard InChI is InChI=1S/C21H22ClN5O4S/c1-10(2)8-26-19(30)13-7-11(22)3-6-14(13)24-21(26)32-9-15(28)16-17(23)27(12-4-5-12)20(31)25-18(16)29/h3,6-7,10,12H,4-5,8-9,23H2,1-2H3,(H,25,29,31). The van der Waals surface area contributed by atoms with Crippen LogP contribution in [0.5, 0.6) is 0 Å². The average Bonchev–Trinajstić information content (AvgIpc) is 3.53. The number of halogens is 1. The second-order valence-corrected chi connectivity index (χ2v) is 9.58. The van der Waals surface area contributed by atoms with E-state index in [0.717, 1.165) is 24.6 Å². The van der Waals surface area contributed by atoms with Crippen LogP contribution in [0, 0.1) is 5.92 Å². The number of nitrogen functional groups attached to an aromatic ring is 1. The van der Waals surface area contributed by atoms with Crippen LogP contribution in [0.15, 0.2) is 37.7 Å². The SMILES string of the molecule is CC(C)Cn1c(SCC(=O)c2c(N)n(C3CC3)c(=O)[nH]c2=O)nc2ccc(Cl)cc2c1=O. The van der Waals surface area contributed by atoms with Crippen molar-refractivity contribution >= 4 is 45.9 Å². The van der Waals surface area contributed by atoms with Gasteiger partial charge in [-0.1, -0.05) is 37.2 Å². The molecule has 1 aliphatic rings. The summed E-state index contributed by atoms with van der Waals surface area (Å²) < 4.78 is 2.78. The lowest BCUT2D eigenvalue weighted by atomic mass is 10.2. The van der Waals surface area contributed by atoms with Crippen molar-refractivity contribution in [2.75, 3.05) is 11.5 Å². The molecule has 11 heteroatoms. The number of anilines is 1. The van der Waals surface area contributed by atoms with E-state index >= 15 is 0 Å². The number of aromatic nitrogens is 4. The van der Waals surface area contributed by atoms with Crippen LogP contribution in [0.25, 0.3) is 10.9 Å². The number of Topliss-reactive ketones (excluding diaryl/α,β-unsaturated/α-hetero) is 1. The van der Waals surface area contributed by atoms with Gasteiger partial charge in [0.2, 0.25) is 0 Å². The molecule has 0 saturated heterocycles. The monoisotopic (exact) mass is 475 g/mol. The van der Waals surface area contributed by atoms with Crippen molar-refractivity contribution in [3.8, 4) is 0 Å². The predicted octanol–water partition coefficient (Wildman–Crippen LogP) is 2.45. The lowest BCUT2D eigenvalue weighted by molar-refractivity contribution is 0.102. The Morgan fingerprint density at radius 3 is 2.69 bits per heavy atom. The molecule has 0 unspecified atom stereocenters. The van der Waals surface area contributed by atoms with Gasteiger partial charge in [-0.3, -0.25) is 28.5 Å². The van der Waals surface area contributed by atoms with Crippen LogP contribution in [0.2, 0.25) is 5.02 Å². The summed E-state index contributed by atoms with van der Waals surface area (Å²) in [7, 11) is 0. The molecule has 3 aromatic rings. The van der Waals surface area contributed by atoms with Crippen LogP contribution in [0.4, 0.5) is 5.82 Å². The Kier molecular flexibility index (Phi) is 6.00. The van der Waals surface area contributed by atoms with Gasteiger partial charge in [-0.2, -0.15) is 0 Å². The van der Waals surface area contributed by atoms with Crippen LogP contribution in [-0.2, 0) is 6.54 Å². The minimum absolute atomic E-state index is 0.0937. The van der Waals surface area contributed by atoms with Crippen LogP contribution < -0.4 is 22.5 Å². The molecule has 2 heterocycles. The second kappa shape index (κ2) is 8.59. The maximum absolute atomic E-state index is 13.1. The normalized spacial score (nSPS) is 13.8. The van der Waals surface area contributed by atoms with E-state index in [9.17, 15) is 19.2 Å². The summed E-state index contributed by atoms with van der Waals surface area (Å²) >= 11 is 7.10. The number of nitrogens with one attached hydrogen (secondary N) is 1. The fraction of sp³-hybridized carbons (Fsp3) is 0.381. The van der Waals surface area contributed by atoms with Gasteiger partial charge in [0.25, 0.3) is 11.1 Å². The molecule has 0 aliphatic heterocycles. The number of aromatic amines is 1. The molecule has 9 nitrogen and oxygen atoms in total. The number of nitrogens with two attached hydrogens (primary N) is 1. The lowest BCUT2D eigenvalue weighted by Crippen LogP contribution is -2.36. The molecule has 168 valence electrons. The van der Waals surface area contributed by atoms with Gasteiger partial charge in [0, 0.05) is 17.6 Å². The lowest BCUT2D eigenvalue weighted by Gasteiger charge is -2.15. The summed E-state index contributed by atoms with van der Waals surface area (Å²) in [4.78, 5) is 57.1. The first kappa shape index (κ1) is 22.3. The Labute approximate surface area is 191 Å². The van der Waals surface area contributed by atoms with E-state index in [1.54, 1.807) is 18.2 Å². The molecule has 1 saturated carbocycles. The molecule has 2 aromatic heterocycles. The smallest absolute Gasteiger partial charge is 0.330 e. The van der Waals surface area contributed by atoms with Gasteiger partial charge in [-0.25, -0.2) is 9.78 Å². The van der Waals surface area contributed by atoms with E-state index in [-0.39, 0.29) is 34.7 Å². The van der Waals surface area contributed by atoms with Crippen molar-refractivity contribution in [3.05, 3.63) is 60.0 Å².